The number of carboxylic acid groups (broad SMARTS) is 1. The molecule has 1 amide bonds. The summed E-state index contributed by atoms with van der Waals surface area (Å²) in [5.74, 6) is -0.668. The van der Waals surface area contributed by atoms with E-state index in [1.54, 1.807) is 78.9 Å². The monoisotopic (exact) mass is 570 g/mol. The van der Waals surface area contributed by atoms with Gasteiger partial charge in [-0.15, -0.1) is 0 Å². The lowest BCUT2D eigenvalue weighted by molar-refractivity contribution is -0.137. The summed E-state index contributed by atoms with van der Waals surface area (Å²) < 4.78 is 5.72. The minimum atomic E-state index is -1.03. The molecule has 7 nitrogen and oxygen atoms in total. The summed E-state index contributed by atoms with van der Waals surface area (Å²) in [6, 6.07) is 29.4. The van der Waals surface area contributed by atoms with Crippen LogP contribution in [-0.2, 0) is 22.4 Å². The molecular weight excluding hydrogens is 540 g/mol. The maximum Gasteiger partial charge on any atom is 0.326 e. The zero-order valence-corrected chi connectivity index (χ0v) is 23.1. The van der Waals surface area contributed by atoms with Gasteiger partial charge in [0.1, 0.15) is 18.4 Å². The number of halogens is 1. The lowest BCUT2D eigenvalue weighted by Gasteiger charge is -2.18. The van der Waals surface area contributed by atoms with E-state index in [9.17, 15) is 19.5 Å². The van der Waals surface area contributed by atoms with Gasteiger partial charge in [0.25, 0.3) is 0 Å². The number of hydrogen-bond donors (Lipinski definition) is 3. The Bertz CT molecular complexity index is 1470. The van der Waals surface area contributed by atoms with E-state index in [2.05, 4.69) is 10.6 Å². The fourth-order valence-corrected chi connectivity index (χ4v) is 4.51. The number of ketones is 1. The first-order valence-electron chi connectivity index (χ1n) is 13.3. The van der Waals surface area contributed by atoms with E-state index in [1.165, 1.54) is 0 Å². The smallest absolute Gasteiger partial charge is 0.326 e. The molecule has 0 fully saturated rings. The van der Waals surface area contributed by atoms with Crippen LogP contribution in [0, 0.1) is 0 Å². The van der Waals surface area contributed by atoms with Gasteiger partial charge in [0.2, 0.25) is 5.91 Å². The van der Waals surface area contributed by atoms with Crippen molar-refractivity contribution in [1.82, 2.24) is 5.32 Å². The molecule has 0 unspecified atom stereocenters. The van der Waals surface area contributed by atoms with Crippen LogP contribution in [0.5, 0.6) is 5.75 Å². The van der Waals surface area contributed by atoms with E-state index < -0.39 is 12.0 Å². The minimum Gasteiger partial charge on any atom is -0.492 e. The number of para-hydroxylation sites is 1. The van der Waals surface area contributed by atoms with Gasteiger partial charge in [-0.05, 0) is 53.9 Å². The topological polar surface area (TPSA) is 105 Å². The molecule has 4 aromatic rings. The number of hydrogen-bond acceptors (Lipinski definition) is 5. The predicted octanol–water partition coefficient (Wildman–Crippen LogP) is 5.81. The summed E-state index contributed by atoms with van der Waals surface area (Å²) in [5, 5.41) is 16.4. The third-order valence-electron chi connectivity index (χ3n) is 6.42. The molecule has 0 saturated heterocycles. The second kappa shape index (κ2) is 14.7. The fourth-order valence-electron chi connectivity index (χ4n) is 4.30. The average molecular weight is 571 g/mol. The number of aryl methyl sites for hydroxylation is 1. The van der Waals surface area contributed by atoms with E-state index >= 15 is 0 Å². The molecule has 41 heavy (non-hydrogen) atoms. The number of anilines is 1. The average Bonchev–Trinajstić information content (AvgIpc) is 2.99. The molecule has 8 heteroatoms. The standard InChI is InChI=1S/C33H31ClN2O5/c34-26-10-6-7-23(21-26)15-18-31(37)35-19-20-41-27-16-13-24(14-17-27)22-30(33(39)40)36-29-12-5-4-11-28(29)32(38)25-8-2-1-3-9-25/h1-14,16-17,21,30,36H,15,18-20,22H2,(H,35,37)(H,39,40)/t30-/m0/s1. The van der Waals surface area contributed by atoms with Crippen molar-refractivity contribution >= 4 is 34.9 Å². The van der Waals surface area contributed by atoms with Crippen LogP contribution in [0.25, 0.3) is 0 Å². The van der Waals surface area contributed by atoms with Crippen LogP contribution in [0.3, 0.4) is 0 Å². The van der Waals surface area contributed by atoms with Crippen LogP contribution < -0.4 is 15.4 Å². The predicted molar refractivity (Wildman–Crippen MR) is 160 cm³/mol. The normalized spacial score (nSPS) is 11.3. The Kier molecular flexibility index (Phi) is 10.5. The number of carbonyl (C=O) groups is 3. The van der Waals surface area contributed by atoms with Crippen LogP contribution in [0.1, 0.15) is 33.5 Å². The molecule has 0 bridgehead atoms. The SMILES string of the molecule is O=C(CCc1cccc(Cl)c1)NCCOc1ccc(C[C@H](Nc2ccccc2C(=O)c2ccccc2)C(=O)O)cc1. The second-order valence-corrected chi connectivity index (χ2v) is 9.89. The number of nitrogens with one attached hydrogen (secondary N) is 2. The Balaban J connectivity index is 1.26. The van der Waals surface area contributed by atoms with Crippen LogP contribution in [0.15, 0.2) is 103 Å². The fraction of sp³-hybridized carbons (Fsp3) is 0.182. The van der Waals surface area contributed by atoms with E-state index in [0.717, 1.165) is 11.1 Å². The number of ether oxygens (including phenoxy) is 1. The van der Waals surface area contributed by atoms with Crippen molar-refractivity contribution in [2.45, 2.75) is 25.3 Å². The lowest BCUT2D eigenvalue weighted by Crippen LogP contribution is -2.32. The Hall–Kier alpha value is -4.62. The first-order valence-corrected chi connectivity index (χ1v) is 13.7. The van der Waals surface area contributed by atoms with Crippen molar-refractivity contribution in [3.8, 4) is 5.75 Å². The first kappa shape index (κ1) is 29.4. The van der Waals surface area contributed by atoms with E-state index in [1.807, 2.05) is 24.3 Å². The Morgan fingerprint density at radius 2 is 1.56 bits per heavy atom. The van der Waals surface area contributed by atoms with Gasteiger partial charge in [-0.3, -0.25) is 9.59 Å². The highest BCUT2D eigenvalue weighted by Crippen LogP contribution is 2.22. The molecule has 0 aliphatic rings. The summed E-state index contributed by atoms with van der Waals surface area (Å²) in [6.07, 6.45) is 1.17. The Morgan fingerprint density at radius 1 is 0.829 bits per heavy atom. The minimum absolute atomic E-state index is 0.0665. The second-order valence-electron chi connectivity index (χ2n) is 9.45. The highest BCUT2D eigenvalue weighted by Gasteiger charge is 2.21. The Labute approximate surface area is 244 Å². The lowest BCUT2D eigenvalue weighted by atomic mass is 10.00. The molecule has 0 aliphatic carbocycles. The van der Waals surface area contributed by atoms with Gasteiger partial charge in [-0.1, -0.05) is 78.3 Å². The van der Waals surface area contributed by atoms with Crippen molar-refractivity contribution in [3.63, 3.8) is 0 Å². The van der Waals surface area contributed by atoms with Gasteiger partial charge < -0.3 is 20.5 Å². The molecule has 0 aliphatic heterocycles. The van der Waals surface area contributed by atoms with Crippen LogP contribution in [0.4, 0.5) is 5.69 Å². The van der Waals surface area contributed by atoms with Gasteiger partial charge in [0.15, 0.2) is 5.78 Å². The van der Waals surface area contributed by atoms with Crippen molar-refractivity contribution in [2.24, 2.45) is 0 Å². The number of carboxylic acids is 1. The third kappa shape index (κ3) is 8.95. The molecule has 1 atom stereocenters. The molecule has 3 N–H and O–H groups in total. The molecule has 0 spiro atoms. The van der Waals surface area contributed by atoms with Crippen molar-refractivity contribution < 1.29 is 24.2 Å². The van der Waals surface area contributed by atoms with Crippen molar-refractivity contribution in [1.29, 1.82) is 0 Å². The number of aliphatic carboxylic acids is 1. The largest absolute Gasteiger partial charge is 0.492 e. The number of carbonyl (C=O) groups excluding carboxylic acids is 2. The van der Waals surface area contributed by atoms with E-state index in [-0.39, 0.29) is 18.1 Å². The molecule has 0 saturated carbocycles. The first-order chi connectivity index (χ1) is 19.9. The zero-order chi connectivity index (χ0) is 29.0. The maximum absolute atomic E-state index is 13.0. The molecular formula is C33H31ClN2O5. The van der Waals surface area contributed by atoms with Gasteiger partial charge in [-0.25, -0.2) is 4.79 Å². The van der Waals surface area contributed by atoms with Gasteiger partial charge >= 0.3 is 5.97 Å². The summed E-state index contributed by atoms with van der Waals surface area (Å²) >= 11 is 5.98. The van der Waals surface area contributed by atoms with Crippen molar-refractivity contribution in [3.05, 3.63) is 130 Å². The van der Waals surface area contributed by atoms with E-state index in [0.29, 0.717) is 53.6 Å². The highest BCUT2D eigenvalue weighted by molar-refractivity contribution is 6.30. The highest BCUT2D eigenvalue weighted by atomic mass is 35.5. The molecule has 0 radical (unpaired) electrons. The van der Waals surface area contributed by atoms with Crippen molar-refractivity contribution in [2.75, 3.05) is 18.5 Å². The summed E-state index contributed by atoms with van der Waals surface area (Å²) in [5.41, 5.74) is 3.20. The Morgan fingerprint density at radius 3 is 2.29 bits per heavy atom. The van der Waals surface area contributed by atoms with Crippen LogP contribution in [0.2, 0.25) is 5.02 Å². The van der Waals surface area contributed by atoms with Gasteiger partial charge in [0.05, 0.1) is 6.54 Å². The van der Waals surface area contributed by atoms with E-state index in [4.69, 9.17) is 16.3 Å². The summed E-state index contributed by atoms with van der Waals surface area (Å²) in [4.78, 5) is 37.2. The maximum atomic E-state index is 13.0. The summed E-state index contributed by atoms with van der Waals surface area (Å²) in [7, 11) is 0. The number of rotatable bonds is 14. The third-order valence-corrected chi connectivity index (χ3v) is 6.66. The molecule has 4 rings (SSSR count). The summed E-state index contributed by atoms with van der Waals surface area (Å²) in [6.45, 7) is 0.663. The van der Waals surface area contributed by atoms with Crippen LogP contribution in [-0.4, -0.2) is 42.0 Å². The molecule has 0 heterocycles. The number of amides is 1. The quantitative estimate of drug-likeness (QED) is 0.131. The molecule has 0 aromatic heterocycles. The zero-order valence-electron chi connectivity index (χ0n) is 22.4. The van der Waals surface area contributed by atoms with Crippen LogP contribution >= 0.6 is 11.6 Å². The van der Waals surface area contributed by atoms with Gasteiger partial charge in [-0.2, -0.15) is 0 Å². The molecule has 210 valence electrons. The number of benzene rings is 4. The van der Waals surface area contributed by atoms with Gasteiger partial charge in [0, 0.05) is 34.7 Å². The molecule has 4 aromatic carbocycles.